The molecular weight excluding hydrogens is 240 g/mol. The smallest absolute Gasteiger partial charge is 0.289 e. The van der Waals surface area contributed by atoms with Gasteiger partial charge >= 0.3 is 0 Å². The summed E-state index contributed by atoms with van der Waals surface area (Å²) in [6.45, 7) is 1.42. The number of amides is 1. The number of methoxy groups -OCH3 is 1. The maximum absolute atomic E-state index is 12.0. The van der Waals surface area contributed by atoms with E-state index in [4.69, 9.17) is 27.1 Å². The van der Waals surface area contributed by atoms with Gasteiger partial charge in [-0.15, -0.1) is 0 Å². The molecule has 17 heavy (non-hydrogen) atoms. The van der Waals surface area contributed by atoms with Crippen molar-refractivity contribution in [1.29, 1.82) is 0 Å². The van der Waals surface area contributed by atoms with Crippen molar-refractivity contribution < 1.29 is 13.9 Å². The van der Waals surface area contributed by atoms with Crippen molar-refractivity contribution >= 4 is 23.1 Å². The van der Waals surface area contributed by atoms with Gasteiger partial charge in [0.25, 0.3) is 5.91 Å². The largest absolute Gasteiger partial charge is 0.459 e. The minimum atomic E-state index is -0.177. The number of furan rings is 1. The average molecular weight is 256 g/mol. The molecule has 0 aliphatic carbocycles. The van der Waals surface area contributed by atoms with Gasteiger partial charge in [0.05, 0.1) is 17.9 Å². The number of hydrogen-bond acceptors (Lipinski definition) is 4. The molecule has 6 heteroatoms. The van der Waals surface area contributed by atoms with Gasteiger partial charge in [-0.1, -0.05) is 12.2 Å². The monoisotopic (exact) mass is 256 g/mol. The predicted octanol–water partition coefficient (Wildman–Crippen LogP) is 1.04. The molecule has 94 valence electrons. The Bertz CT molecular complexity index is 365. The van der Waals surface area contributed by atoms with Crippen molar-refractivity contribution in [3.63, 3.8) is 0 Å². The van der Waals surface area contributed by atoms with Crippen molar-refractivity contribution in [3.05, 3.63) is 24.2 Å². The summed E-state index contributed by atoms with van der Waals surface area (Å²) in [5.74, 6) is 0.132. The van der Waals surface area contributed by atoms with Crippen LogP contribution in [0, 0.1) is 0 Å². The molecule has 1 amide bonds. The number of hydrogen-bond donors (Lipinski definition) is 1. The standard InChI is InChI=1S/C11H16N2O3S/c1-15-8-6-13(5-4-10(12)17)11(14)9-3-2-7-16-9/h2-3,7H,4-6,8H2,1H3,(H2,12,17). The SMILES string of the molecule is COCCN(CCC(N)=S)C(=O)c1ccco1. The zero-order valence-electron chi connectivity index (χ0n) is 9.72. The van der Waals surface area contributed by atoms with Gasteiger partial charge in [-0.25, -0.2) is 0 Å². The second-order valence-corrected chi connectivity index (χ2v) is 4.00. The van der Waals surface area contributed by atoms with Gasteiger partial charge in [-0.3, -0.25) is 4.79 Å². The molecule has 1 aromatic rings. The molecule has 1 rings (SSSR count). The highest BCUT2D eigenvalue weighted by molar-refractivity contribution is 7.80. The Hall–Kier alpha value is -1.40. The van der Waals surface area contributed by atoms with Gasteiger partial charge in [0.15, 0.2) is 5.76 Å². The predicted molar refractivity (Wildman–Crippen MR) is 67.9 cm³/mol. The first kappa shape index (κ1) is 13.7. The fourth-order valence-corrected chi connectivity index (χ4v) is 1.41. The van der Waals surface area contributed by atoms with E-state index in [2.05, 4.69) is 0 Å². The summed E-state index contributed by atoms with van der Waals surface area (Å²) in [6.07, 6.45) is 1.96. The summed E-state index contributed by atoms with van der Waals surface area (Å²) in [7, 11) is 1.59. The molecule has 0 saturated heterocycles. The second kappa shape index (κ2) is 7.03. The summed E-state index contributed by atoms with van der Waals surface area (Å²) in [4.78, 5) is 14.0. The fourth-order valence-electron chi connectivity index (χ4n) is 1.32. The number of nitrogens with two attached hydrogens (primary N) is 1. The number of carbonyl (C=O) groups excluding carboxylic acids is 1. The van der Waals surface area contributed by atoms with Crippen LogP contribution in [0.1, 0.15) is 17.0 Å². The first-order valence-corrected chi connectivity index (χ1v) is 5.66. The van der Waals surface area contributed by atoms with E-state index < -0.39 is 0 Å². The lowest BCUT2D eigenvalue weighted by atomic mass is 10.3. The van der Waals surface area contributed by atoms with Crippen LogP contribution in [-0.2, 0) is 4.74 Å². The van der Waals surface area contributed by atoms with E-state index in [0.717, 1.165) is 0 Å². The molecule has 2 N–H and O–H groups in total. The van der Waals surface area contributed by atoms with Gasteiger partial charge in [-0.2, -0.15) is 0 Å². The number of carbonyl (C=O) groups is 1. The van der Waals surface area contributed by atoms with Crippen molar-refractivity contribution in [2.45, 2.75) is 6.42 Å². The molecule has 0 atom stereocenters. The Morgan fingerprint density at radius 3 is 2.88 bits per heavy atom. The quantitative estimate of drug-likeness (QED) is 0.738. The lowest BCUT2D eigenvalue weighted by molar-refractivity contribution is 0.0670. The van der Waals surface area contributed by atoms with E-state index in [1.165, 1.54) is 6.26 Å². The van der Waals surface area contributed by atoms with Gasteiger partial charge in [0, 0.05) is 26.6 Å². The average Bonchev–Trinajstić information content (AvgIpc) is 2.81. The third-order valence-electron chi connectivity index (χ3n) is 2.21. The highest BCUT2D eigenvalue weighted by atomic mass is 32.1. The van der Waals surface area contributed by atoms with Crippen molar-refractivity contribution in [3.8, 4) is 0 Å². The van der Waals surface area contributed by atoms with Crippen LogP contribution < -0.4 is 5.73 Å². The van der Waals surface area contributed by atoms with Crippen LogP contribution >= 0.6 is 12.2 Å². The van der Waals surface area contributed by atoms with Gasteiger partial charge in [0.1, 0.15) is 0 Å². The number of ether oxygens (including phenoxy) is 1. The highest BCUT2D eigenvalue weighted by Gasteiger charge is 2.17. The summed E-state index contributed by atoms with van der Waals surface area (Å²) in [5, 5.41) is 0. The number of nitrogens with zero attached hydrogens (tertiary/aromatic N) is 1. The van der Waals surface area contributed by atoms with E-state index in [1.807, 2.05) is 0 Å². The topological polar surface area (TPSA) is 68.7 Å². The van der Waals surface area contributed by atoms with Crippen LogP contribution in [0.5, 0.6) is 0 Å². The van der Waals surface area contributed by atoms with E-state index in [0.29, 0.717) is 36.9 Å². The van der Waals surface area contributed by atoms with Gasteiger partial charge in [0.2, 0.25) is 0 Å². The Morgan fingerprint density at radius 2 is 2.35 bits per heavy atom. The molecule has 0 bridgehead atoms. The lowest BCUT2D eigenvalue weighted by Crippen LogP contribution is -2.36. The molecule has 1 aromatic heterocycles. The Kier molecular flexibility index (Phi) is 5.65. The third-order valence-corrected chi connectivity index (χ3v) is 2.42. The molecule has 0 aliphatic rings. The van der Waals surface area contributed by atoms with E-state index in [9.17, 15) is 4.79 Å². The highest BCUT2D eigenvalue weighted by Crippen LogP contribution is 2.06. The Morgan fingerprint density at radius 1 is 1.59 bits per heavy atom. The minimum Gasteiger partial charge on any atom is -0.459 e. The molecule has 0 aliphatic heterocycles. The molecule has 0 saturated carbocycles. The molecule has 0 spiro atoms. The summed E-state index contributed by atoms with van der Waals surface area (Å²) in [5.41, 5.74) is 5.43. The zero-order valence-corrected chi connectivity index (χ0v) is 10.5. The van der Waals surface area contributed by atoms with Crippen LogP contribution in [0.2, 0.25) is 0 Å². The van der Waals surface area contributed by atoms with Crippen LogP contribution in [0.4, 0.5) is 0 Å². The minimum absolute atomic E-state index is 0.177. The molecule has 0 unspecified atom stereocenters. The molecule has 1 heterocycles. The number of thiocarbonyl (C=S) groups is 1. The maximum Gasteiger partial charge on any atom is 0.289 e. The number of rotatable bonds is 7. The Balaban J connectivity index is 2.61. The van der Waals surface area contributed by atoms with Crippen molar-refractivity contribution in [1.82, 2.24) is 4.90 Å². The van der Waals surface area contributed by atoms with Crippen LogP contribution in [0.25, 0.3) is 0 Å². The van der Waals surface area contributed by atoms with Crippen LogP contribution in [0.3, 0.4) is 0 Å². The molecule has 0 aromatic carbocycles. The molecule has 0 radical (unpaired) electrons. The molecular formula is C11H16N2O3S. The maximum atomic E-state index is 12.0. The summed E-state index contributed by atoms with van der Waals surface area (Å²) >= 11 is 4.80. The lowest BCUT2D eigenvalue weighted by Gasteiger charge is -2.20. The van der Waals surface area contributed by atoms with Crippen LogP contribution in [0.15, 0.2) is 22.8 Å². The molecule has 0 fully saturated rings. The molecule has 5 nitrogen and oxygen atoms in total. The third kappa shape index (κ3) is 4.54. The Labute approximate surface area is 106 Å². The van der Waals surface area contributed by atoms with Gasteiger partial charge in [-0.05, 0) is 12.1 Å². The van der Waals surface area contributed by atoms with E-state index in [-0.39, 0.29) is 5.91 Å². The van der Waals surface area contributed by atoms with E-state index in [1.54, 1.807) is 24.1 Å². The zero-order chi connectivity index (χ0) is 12.7. The first-order chi connectivity index (χ1) is 8.15. The van der Waals surface area contributed by atoms with Crippen molar-refractivity contribution in [2.24, 2.45) is 5.73 Å². The summed E-state index contributed by atoms with van der Waals surface area (Å²) in [6, 6.07) is 3.30. The van der Waals surface area contributed by atoms with E-state index >= 15 is 0 Å². The van der Waals surface area contributed by atoms with Crippen molar-refractivity contribution in [2.75, 3.05) is 26.8 Å². The van der Waals surface area contributed by atoms with Gasteiger partial charge < -0.3 is 19.8 Å². The second-order valence-electron chi connectivity index (χ2n) is 3.48. The van der Waals surface area contributed by atoms with Crippen LogP contribution in [-0.4, -0.2) is 42.6 Å². The normalized spacial score (nSPS) is 10.2. The summed E-state index contributed by atoms with van der Waals surface area (Å²) < 4.78 is 10.0. The first-order valence-electron chi connectivity index (χ1n) is 5.25. The fraction of sp³-hybridized carbons (Fsp3) is 0.455.